The Morgan fingerprint density at radius 3 is 2.43 bits per heavy atom. The molecule has 2 N–H and O–H groups in total. The van der Waals surface area contributed by atoms with E-state index in [2.05, 4.69) is 20.6 Å². The molecule has 1 amide bonds. The standard InChI is InChI=1S/C19H12F3N5O/c20-19(21,22)13-5-7-14(8-6-13)25-18-24-10-9-16(27-18)17(28)26-15-4-2-1-3-12(15)11-23/h1-10H,(H,26,28)(H,24,25,27). The summed E-state index contributed by atoms with van der Waals surface area (Å²) in [5, 5.41) is 14.4. The minimum absolute atomic E-state index is 0.0251. The Morgan fingerprint density at radius 2 is 1.75 bits per heavy atom. The van der Waals surface area contributed by atoms with Gasteiger partial charge in [-0.2, -0.15) is 18.4 Å². The van der Waals surface area contributed by atoms with Crippen LogP contribution in [0.25, 0.3) is 0 Å². The van der Waals surface area contributed by atoms with Gasteiger partial charge >= 0.3 is 6.18 Å². The van der Waals surface area contributed by atoms with Gasteiger partial charge in [0.1, 0.15) is 11.8 Å². The maximum Gasteiger partial charge on any atom is 0.416 e. The molecule has 9 heteroatoms. The van der Waals surface area contributed by atoms with Gasteiger partial charge in [-0.25, -0.2) is 9.97 Å². The molecular formula is C19H12F3N5O. The minimum Gasteiger partial charge on any atom is -0.324 e. The number of nitrogens with one attached hydrogen (secondary N) is 2. The maximum absolute atomic E-state index is 12.6. The van der Waals surface area contributed by atoms with E-state index in [9.17, 15) is 18.0 Å². The Hall–Kier alpha value is -3.93. The average molecular weight is 383 g/mol. The predicted molar refractivity (Wildman–Crippen MR) is 95.9 cm³/mol. The zero-order chi connectivity index (χ0) is 20.1. The molecule has 2 aromatic carbocycles. The van der Waals surface area contributed by atoms with Crippen molar-refractivity contribution in [3.05, 3.63) is 77.6 Å². The Kier molecular flexibility index (Phi) is 5.22. The number of alkyl halides is 3. The number of rotatable bonds is 4. The summed E-state index contributed by atoms with van der Waals surface area (Å²) in [7, 11) is 0. The van der Waals surface area contributed by atoms with E-state index >= 15 is 0 Å². The molecule has 28 heavy (non-hydrogen) atoms. The normalized spacial score (nSPS) is 10.8. The van der Waals surface area contributed by atoms with Crippen LogP contribution in [0.4, 0.5) is 30.5 Å². The summed E-state index contributed by atoms with van der Waals surface area (Å²) in [5.41, 5.74) is 0.222. The van der Waals surface area contributed by atoms with Gasteiger partial charge < -0.3 is 10.6 Å². The topological polar surface area (TPSA) is 90.7 Å². The van der Waals surface area contributed by atoms with Gasteiger partial charge in [0.2, 0.25) is 5.95 Å². The fraction of sp³-hybridized carbons (Fsp3) is 0.0526. The Morgan fingerprint density at radius 1 is 1.04 bits per heavy atom. The molecule has 0 aliphatic heterocycles. The van der Waals surface area contributed by atoms with E-state index in [0.29, 0.717) is 16.9 Å². The van der Waals surface area contributed by atoms with Gasteiger partial charge in [-0.15, -0.1) is 0 Å². The zero-order valence-corrected chi connectivity index (χ0v) is 14.2. The molecule has 0 saturated carbocycles. The summed E-state index contributed by atoms with van der Waals surface area (Å²) in [5.74, 6) is -0.512. The first-order valence-corrected chi connectivity index (χ1v) is 7.94. The van der Waals surface area contributed by atoms with Gasteiger partial charge in [0, 0.05) is 11.9 Å². The van der Waals surface area contributed by atoms with Gasteiger partial charge in [-0.1, -0.05) is 12.1 Å². The molecule has 3 aromatic rings. The summed E-state index contributed by atoms with van der Waals surface area (Å²) < 4.78 is 37.8. The molecule has 3 rings (SSSR count). The van der Waals surface area contributed by atoms with E-state index < -0.39 is 17.6 Å². The summed E-state index contributed by atoms with van der Waals surface area (Å²) >= 11 is 0. The number of halogens is 3. The van der Waals surface area contributed by atoms with E-state index in [4.69, 9.17) is 5.26 Å². The molecule has 0 spiro atoms. The second-order valence-corrected chi connectivity index (χ2v) is 5.58. The number of hydrogen-bond acceptors (Lipinski definition) is 5. The van der Waals surface area contributed by atoms with Crippen LogP contribution in [-0.4, -0.2) is 15.9 Å². The van der Waals surface area contributed by atoms with Crippen LogP contribution < -0.4 is 10.6 Å². The van der Waals surface area contributed by atoms with Crippen molar-refractivity contribution in [3.8, 4) is 6.07 Å². The van der Waals surface area contributed by atoms with Gasteiger partial charge in [0.25, 0.3) is 5.91 Å². The highest BCUT2D eigenvalue weighted by molar-refractivity contribution is 6.03. The number of benzene rings is 2. The van der Waals surface area contributed by atoms with Crippen molar-refractivity contribution in [2.24, 2.45) is 0 Å². The number of para-hydroxylation sites is 1. The van der Waals surface area contributed by atoms with Gasteiger partial charge in [0.15, 0.2) is 0 Å². The second kappa shape index (κ2) is 7.75. The van der Waals surface area contributed by atoms with Crippen LogP contribution in [0.1, 0.15) is 21.6 Å². The molecule has 0 aliphatic carbocycles. The second-order valence-electron chi connectivity index (χ2n) is 5.58. The molecule has 0 unspecified atom stereocenters. The smallest absolute Gasteiger partial charge is 0.324 e. The van der Waals surface area contributed by atoms with Gasteiger partial charge in [-0.3, -0.25) is 4.79 Å². The van der Waals surface area contributed by atoms with Crippen LogP contribution in [0.5, 0.6) is 0 Å². The molecule has 140 valence electrons. The lowest BCUT2D eigenvalue weighted by Gasteiger charge is -2.10. The van der Waals surface area contributed by atoms with Gasteiger partial charge in [-0.05, 0) is 42.5 Å². The number of hydrogen-bond donors (Lipinski definition) is 2. The number of aromatic nitrogens is 2. The average Bonchev–Trinajstić information content (AvgIpc) is 2.68. The van der Waals surface area contributed by atoms with E-state index in [-0.39, 0.29) is 11.6 Å². The fourth-order valence-corrected chi connectivity index (χ4v) is 2.29. The lowest BCUT2D eigenvalue weighted by Crippen LogP contribution is -2.15. The quantitative estimate of drug-likeness (QED) is 0.698. The van der Waals surface area contributed by atoms with E-state index in [0.717, 1.165) is 12.1 Å². The lowest BCUT2D eigenvalue weighted by atomic mass is 10.2. The summed E-state index contributed by atoms with van der Waals surface area (Å²) in [6.07, 6.45) is -3.09. The number of carbonyl (C=O) groups is 1. The van der Waals surface area contributed by atoms with Crippen molar-refractivity contribution in [1.29, 1.82) is 5.26 Å². The van der Waals surface area contributed by atoms with Crippen molar-refractivity contribution in [2.45, 2.75) is 6.18 Å². The third kappa shape index (κ3) is 4.42. The van der Waals surface area contributed by atoms with Crippen LogP contribution in [0, 0.1) is 11.3 Å². The van der Waals surface area contributed by atoms with E-state index in [1.807, 2.05) is 6.07 Å². The van der Waals surface area contributed by atoms with Crippen molar-refractivity contribution in [1.82, 2.24) is 9.97 Å². The van der Waals surface area contributed by atoms with Crippen LogP contribution in [-0.2, 0) is 6.18 Å². The molecule has 0 saturated heterocycles. The Bertz CT molecular complexity index is 1040. The molecule has 0 fully saturated rings. The first kappa shape index (κ1) is 18.8. The highest BCUT2D eigenvalue weighted by Gasteiger charge is 2.29. The first-order valence-electron chi connectivity index (χ1n) is 7.94. The van der Waals surface area contributed by atoms with Crippen molar-refractivity contribution in [2.75, 3.05) is 10.6 Å². The number of carbonyl (C=O) groups excluding carboxylic acids is 1. The van der Waals surface area contributed by atoms with Crippen LogP contribution in [0.2, 0.25) is 0 Å². The van der Waals surface area contributed by atoms with Crippen molar-refractivity contribution < 1.29 is 18.0 Å². The largest absolute Gasteiger partial charge is 0.416 e. The summed E-state index contributed by atoms with van der Waals surface area (Å²) in [6, 6.07) is 14.2. The van der Waals surface area contributed by atoms with Crippen molar-refractivity contribution in [3.63, 3.8) is 0 Å². The lowest BCUT2D eigenvalue weighted by molar-refractivity contribution is -0.137. The number of anilines is 3. The van der Waals surface area contributed by atoms with Crippen LogP contribution in [0.15, 0.2) is 60.8 Å². The van der Waals surface area contributed by atoms with E-state index in [1.54, 1.807) is 24.3 Å². The number of nitriles is 1. The minimum atomic E-state index is -4.42. The summed E-state index contributed by atoms with van der Waals surface area (Å²) in [6.45, 7) is 0. The maximum atomic E-state index is 12.6. The Balaban J connectivity index is 1.75. The number of amides is 1. The van der Waals surface area contributed by atoms with Gasteiger partial charge in [0.05, 0.1) is 16.8 Å². The molecule has 0 aliphatic rings. The van der Waals surface area contributed by atoms with Crippen LogP contribution >= 0.6 is 0 Å². The third-order valence-electron chi connectivity index (χ3n) is 3.65. The SMILES string of the molecule is N#Cc1ccccc1NC(=O)c1ccnc(Nc2ccc(C(F)(F)F)cc2)n1. The first-order chi connectivity index (χ1) is 13.4. The monoisotopic (exact) mass is 383 g/mol. The van der Waals surface area contributed by atoms with Crippen molar-refractivity contribution >= 4 is 23.2 Å². The molecule has 0 radical (unpaired) electrons. The third-order valence-corrected chi connectivity index (χ3v) is 3.65. The molecular weight excluding hydrogens is 371 g/mol. The fourth-order valence-electron chi connectivity index (χ4n) is 2.29. The zero-order valence-electron chi connectivity index (χ0n) is 14.2. The summed E-state index contributed by atoms with van der Waals surface area (Å²) in [4.78, 5) is 20.4. The van der Waals surface area contributed by atoms with Crippen LogP contribution in [0.3, 0.4) is 0 Å². The highest BCUT2D eigenvalue weighted by Crippen LogP contribution is 2.30. The van der Waals surface area contributed by atoms with E-state index in [1.165, 1.54) is 24.4 Å². The Labute approximate surface area is 157 Å². The molecule has 1 aromatic heterocycles. The molecule has 1 heterocycles. The molecule has 0 atom stereocenters. The predicted octanol–water partition coefficient (Wildman–Crippen LogP) is 4.36. The highest BCUT2D eigenvalue weighted by atomic mass is 19.4. The molecule has 0 bridgehead atoms. The molecule has 6 nitrogen and oxygen atoms in total. The number of nitrogens with zero attached hydrogens (tertiary/aromatic N) is 3.